The number of hydrogen-bond acceptors (Lipinski definition) is 10. The van der Waals surface area contributed by atoms with Gasteiger partial charge in [0.25, 0.3) is 15.8 Å². The number of benzene rings is 1. The minimum Gasteiger partial charge on any atom is -0.368 e. The molecule has 0 bridgehead atoms. The Bertz CT molecular complexity index is 1290. The second-order valence-corrected chi connectivity index (χ2v) is 12.5. The third-order valence-corrected chi connectivity index (χ3v) is 8.52. The van der Waals surface area contributed by atoms with Gasteiger partial charge in [-0.25, -0.2) is 8.42 Å². The normalized spacial score (nSPS) is 15.1. The second-order valence-electron chi connectivity index (χ2n) is 8.17. The number of piperazine rings is 1. The van der Waals surface area contributed by atoms with Gasteiger partial charge in [-0.3, -0.25) is 19.3 Å². The molecule has 1 fully saturated rings. The molecule has 1 aromatic heterocycles. The largest absolute Gasteiger partial charge is 0.368 e. The molecule has 0 radical (unpaired) electrons. The highest BCUT2D eigenvalue weighted by atomic mass is 79.9. The van der Waals surface area contributed by atoms with E-state index in [9.17, 15) is 26.9 Å². The SMILES string of the molecule is Cc1cc([N+](=O)[O-])cc(S(=O)(=O)N2CCN(c3cccnc3)CC2)c1N(CCBr)CCOS(C)(=O)=O. The maximum absolute atomic E-state index is 13.8. The Kier molecular flexibility index (Phi) is 9.27. The lowest BCUT2D eigenvalue weighted by Crippen LogP contribution is -2.49. The Morgan fingerprint density at radius 1 is 1.17 bits per heavy atom. The first kappa shape index (κ1) is 28.2. The molecule has 1 aromatic carbocycles. The standard InChI is InChI=1S/C21H28BrN5O7S2/c1-17-14-19(27(28)29)15-20(21(17)25(7-5-22)12-13-34-35(2,30)31)36(32,33)26-10-8-24(9-11-26)18-4-3-6-23-16-18/h3-4,6,14-16H,5,7-13H2,1-2H3. The van der Waals surface area contributed by atoms with E-state index in [2.05, 4.69) is 20.9 Å². The third kappa shape index (κ3) is 6.91. The summed E-state index contributed by atoms with van der Waals surface area (Å²) in [6, 6.07) is 6.09. The van der Waals surface area contributed by atoms with Crippen molar-refractivity contribution in [1.29, 1.82) is 0 Å². The van der Waals surface area contributed by atoms with Crippen LogP contribution < -0.4 is 9.80 Å². The van der Waals surface area contributed by atoms with Gasteiger partial charge in [-0.05, 0) is 24.6 Å². The van der Waals surface area contributed by atoms with Crippen LogP contribution in [0.15, 0.2) is 41.6 Å². The quantitative estimate of drug-likeness (QED) is 0.161. The highest BCUT2D eigenvalue weighted by Crippen LogP contribution is 2.36. The van der Waals surface area contributed by atoms with Crippen LogP contribution in [0.2, 0.25) is 0 Å². The van der Waals surface area contributed by atoms with Gasteiger partial charge in [0.2, 0.25) is 10.0 Å². The Morgan fingerprint density at radius 3 is 2.42 bits per heavy atom. The zero-order chi connectivity index (χ0) is 26.5. The Morgan fingerprint density at radius 2 is 1.86 bits per heavy atom. The zero-order valence-corrected chi connectivity index (χ0v) is 23.1. The average Bonchev–Trinajstić information content (AvgIpc) is 2.83. The molecular formula is C21H28BrN5O7S2. The van der Waals surface area contributed by atoms with E-state index in [1.54, 1.807) is 24.2 Å². The fourth-order valence-corrected chi connectivity index (χ4v) is 6.57. The van der Waals surface area contributed by atoms with Crippen molar-refractivity contribution >= 4 is 53.1 Å². The number of pyridine rings is 1. The number of rotatable bonds is 11. The van der Waals surface area contributed by atoms with E-state index in [1.807, 2.05) is 17.0 Å². The Hall–Kier alpha value is -2.33. The van der Waals surface area contributed by atoms with Crippen LogP contribution in [-0.4, -0.2) is 88.5 Å². The molecule has 3 rings (SSSR count). The number of nitrogens with zero attached hydrogens (tertiary/aromatic N) is 5. The minimum absolute atomic E-state index is 0.0641. The number of nitro benzene ring substituents is 1. The van der Waals surface area contributed by atoms with E-state index in [4.69, 9.17) is 4.18 Å². The summed E-state index contributed by atoms with van der Waals surface area (Å²) in [4.78, 5) is 18.6. The van der Waals surface area contributed by atoms with E-state index >= 15 is 0 Å². The van der Waals surface area contributed by atoms with Gasteiger partial charge in [0.05, 0.1) is 35.4 Å². The first-order valence-corrected chi connectivity index (χ1v) is 15.4. The highest BCUT2D eigenvalue weighted by molar-refractivity contribution is 9.09. The van der Waals surface area contributed by atoms with Crippen LogP contribution in [0.1, 0.15) is 5.56 Å². The van der Waals surface area contributed by atoms with E-state index in [1.165, 1.54) is 10.4 Å². The summed E-state index contributed by atoms with van der Waals surface area (Å²) in [5.74, 6) is 0. The van der Waals surface area contributed by atoms with Crippen molar-refractivity contribution in [3.63, 3.8) is 0 Å². The molecule has 1 aliphatic rings. The van der Waals surface area contributed by atoms with Gasteiger partial charge in [-0.2, -0.15) is 12.7 Å². The number of alkyl halides is 1. The predicted octanol–water partition coefficient (Wildman–Crippen LogP) is 1.99. The lowest BCUT2D eigenvalue weighted by molar-refractivity contribution is -0.385. The van der Waals surface area contributed by atoms with E-state index in [0.29, 0.717) is 30.5 Å². The van der Waals surface area contributed by atoms with Crippen molar-refractivity contribution in [2.45, 2.75) is 11.8 Å². The van der Waals surface area contributed by atoms with Gasteiger partial charge in [0.15, 0.2) is 0 Å². The first-order chi connectivity index (χ1) is 16.9. The molecule has 0 atom stereocenters. The van der Waals surface area contributed by atoms with Gasteiger partial charge < -0.3 is 9.80 Å². The number of non-ortho nitro benzene ring substituents is 1. The van der Waals surface area contributed by atoms with E-state index in [-0.39, 0.29) is 42.5 Å². The smallest absolute Gasteiger partial charge is 0.271 e. The van der Waals surface area contributed by atoms with Crippen LogP contribution in [0.5, 0.6) is 0 Å². The summed E-state index contributed by atoms with van der Waals surface area (Å²) >= 11 is 3.34. The van der Waals surface area contributed by atoms with Gasteiger partial charge in [0, 0.05) is 62.9 Å². The molecular weight excluding hydrogens is 578 g/mol. The van der Waals surface area contributed by atoms with Crippen molar-refractivity contribution < 1.29 is 25.9 Å². The molecule has 1 aliphatic heterocycles. The first-order valence-electron chi connectivity index (χ1n) is 11.0. The van der Waals surface area contributed by atoms with Gasteiger partial charge in [-0.15, -0.1) is 0 Å². The van der Waals surface area contributed by atoms with Gasteiger partial charge in [0.1, 0.15) is 4.90 Å². The molecule has 36 heavy (non-hydrogen) atoms. The van der Waals surface area contributed by atoms with Crippen LogP contribution in [0, 0.1) is 17.0 Å². The van der Waals surface area contributed by atoms with Crippen molar-refractivity contribution in [3.05, 3.63) is 52.3 Å². The van der Waals surface area contributed by atoms with Crippen LogP contribution in [-0.2, 0) is 24.3 Å². The van der Waals surface area contributed by atoms with Gasteiger partial charge >= 0.3 is 0 Å². The Labute approximate surface area is 219 Å². The number of hydrogen-bond donors (Lipinski definition) is 0. The number of aryl methyl sites for hydroxylation is 1. The summed E-state index contributed by atoms with van der Waals surface area (Å²) in [5, 5.41) is 12.0. The van der Waals surface area contributed by atoms with Crippen LogP contribution >= 0.6 is 15.9 Å². The monoisotopic (exact) mass is 605 g/mol. The molecule has 198 valence electrons. The summed E-state index contributed by atoms with van der Waals surface area (Å²) in [6.07, 6.45) is 4.30. The maximum Gasteiger partial charge on any atom is 0.271 e. The lowest BCUT2D eigenvalue weighted by atomic mass is 10.1. The molecule has 0 amide bonds. The molecule has 12 nitrogen and oxygen atoms in total. The number of sulfonamides is 1. The number of halogens is 1. The van der Waals surface area contributed by atoms with Crippen LogP contribution in [0.4, 0.5) is 17.1 Å². The van der Waals surface area contributed by atoms with Crippen LogP contribution in [0.3, 0.4) is 0 Å². The molecule has 0 saturated carbocycles. The molecule has 2 heterocycles. The number of nitro groups is 1. The zero-order valence-electron chi connectivity index (χ0n) is 19.9. The molecule has 2 aromatic rings. The number of aromatic nitrogens is 1. The van der Waals surface area contributed by atoms with E-state index < -0.39 is 25.1 Å². The second kappa shape index (κ2) is 11.8. The summed E-state index contributed by atoms with van der Waals surface area (Å²) < 4.78 is 56.7. The molecule has 0 N–H and O–H groups in total. The maximum atomic E-state index is 13.8. The summed E-state index contributed by atoms with van der Waals surface area (Å²) in [7, 11) is -7.82. The topological polar surface area (TPSA) is 143 Å². The minimum atomic E-state index is -4.12. The Balaban J connectivity index is 1.96. The fraction of sp³-hybridized carbons (Fsp3) is 0.476. The van der Waals surface area contributed by atoms with Crippen molar-refractivity contribution in [2.24, 2.45) is 0 Å². The molecule has 0 spiro atoms. The summed E-state index contributed by atoms with van der Waals surface area (Å²) in [6.45, 7) is 3.02. The molecule has 1 saturated heterocycles. The average molecular weight is 607 g/mol. The lowest BCUT2D eigenvalue weighted by Gasteiger charge is -2.36. The highest BCUT2D eigenvalue weighted by Gasteiger charge is 2.34. The molecule has 0 aliphatic carbocycles. The van der Waals surface area contributed by atoms with Crippen LogP contribution in [0.25, 0.3) is 0 Å². The fourth-order valence-electron chi connectivity index (χ4n) is 4.04. The third-order valence-electron chi connectivity index (χ3n) is 5.66. The number of anilines is 2. The van der Waals surface area contributed by atoms with Crippen molar-refractivity contribution in [1.82, 2.24) is 9.29 Å². The van der Waals surface area contributed by atoms with Crippen molar-refractivity contribution in [2.75, 3.05) is 67.3 Å². The summed E-state index contributed by atoms with van der Waals surface area (Å²) in [5.41, 5.74) is 1.22. The van der Waals surface area contributed by atoms with E-state index in [0.717, 1.165) is 18.0 Å². The molecule has 0 unspecified atom stereocenters. The van der Waals surface area contributed by atoms with Gasteiger partial charge in [-0.1, -0.05) is 15.9 Å². The predicted molar refractivity (Wildman–Crippen MR) is 140 cm³/mol. The molecule has 15 heteroatoms. The van der Waals surface area contributed by atoms with Crippen molar-refractivity contribution in [3.8, 4) is 0 Å².